The largest absolute Gasteiger partial charge is 0.440 e. The van der Waals surface area contributed by atoms with Crippen LogP contribution >= 0.6 is 0 Å². The number of sulfonamides is 1. The van der Waals surface area contributed by atoms with Crippen molar-refractivity contribution in [3.8, 4) is 0 Å². The Morgan fingerprint density at radius 3 is 2.15 bits per heavy atom. The van der Waals surface area contributed by atoms with Crippen LogP contribution in [0.25, 0.3) is 0 Å². The highest BCUT2D eigenvalue weighted by atomic mass is 32.2. The Bertz CT molecular complexity index is 1350. The summed E-state index contributed by atoms with van der Waals surface area (Å²) in [5.74, 6) is -2.00. The molecule has 8 nitrogen and oxygen atoms in total. The van der Waals surface area contributed by atoms with Crippen LogP contribution in [0, 0.1) is 0 Å². The fourth-order valence-corrected chi connectivity index (χ4v) is 5.01. The van der Waals surface area contributed by atoms with Gasteiger partial charge in [-0.1, -0.05) is 42.5 Å². The van der Waals surface area contributed by atoms with Gasteiger partial charge in [-0.25, -0.2) is 18.1 Å². The summed E-state index contributed by atoms with van der Waals surface area (Å²) in [6.07, 6.45) is 1.46. The highest BCUT2D eigenvalue weighted by Crippen LogP contribution is 2.25. The first kappa shape index (κ1) is 22.9. The van der Waals surface area contributed by atoms with E-state index in [0.717, 1.165) is 4.90 Å². The van der Waals surface area contributed by atoms with Crippen molar-refractivity contribution in [3.05, 3.63) is 108 Å². The number of nitrogens with zero attached hydrogens (tertiary/aromatic N) is 2. The van der Waals surface area contributed by atoms with E-state index in [-0.39, 0.29) is 28.1 Å². The predicted octanol–water partition coefficient (Wildman–Crippen LogP) is 3.48. The zero-order chi connectivity index (χ0) is 24.3. The standard InChI is InChI=1S/C25H20N2O6S/c1-2-15-27(19-10-4-3-5-11-19)34(31,32)20-12-8-9-18(16-20)25(30)33-17-26-23(28)21-13-6-7-14-22(21)24(26)29/h2-14,16H,1,15,17H2. The number of carbonyl (C=O) groups excluding carboxylic acids is 3. The molecule has 1 aliphatic rings. The lowest BCUT2D eigenvalue weighted by Gasteiger charge is -2.23. The van der Waals surface area contributed by atoms with Crippen LogP contribution in [-0.4, -0.2) is 44.4 Å². The summed E-state index contributed by atoms with van der Waals surface area (Å²) in [4.78, 5) is 38.2. The highest BCUT2D eigenvalue weighted by Gasteiger charge is 2.36. The number of anilines is 1. The van der Waals surface area contributed by atoms with Crippen molar-refractivity contribution in [2.45, 2.75) is 4.90 Å². The van der Waals surface area contributed by atoms with Crippen LogP contribution in [-0.2, 0) is 14.8 Å². The number of esters is 1. The number of para-hydroxylation sites is 1. The molecule has 3 aromatic carbocycles. The van der Waals surface area contributed by atoms with Crippen LogP contribution in [0.4, 0.5) is 5.69 Å². The lowest BCUT2D eigenvalue weighted by atomic mass is 10.1. The normalized spacial score (nSPS) is 12.9. The molecule has 3 aromatic rings. The summed E-state index contributed by atoms with van der Waals surface area (Å²) in [6, 6.07) is 20.2. The lowest BCUT2D eigenvalue weighted by Crippen LogP contribution is -2.33. The second kappa shape index (κ2) is 9.32. The first-order valence-corrected chi connectivity index (χ1v) is 11.7. The molecular weight excluding hydrogens is 456 g/mol. The molecule has 1 heterocycles. The molecule has 0 N–H and O–H groups in total. The fourth-order valence-electron chi connectivity index (χ4n) is 3.53. The van der Waals surface area contributed by atoms with Gasteiger partial charge >= 0.3 is 5.97 Å². The maximum Gasteiger partial charge on any atom is 0.339 e. The number of rotatable bonds is 8. The molecule has 4 rings (SSSR count). The molecule has 0 spiro atoms. The van der Waals surface area contributed by atoms with Gasteiger partial charge in [-0.15, -0.1) is 6.58 Å². The van der Waals surface area contributed by atoms with Gasteiger partial charge in [0, 0.05) is 0 Å². The van der Waals surface area contributed by atoms with E-state index in [0.29, 0.717) is 5.69 Å². The molecule has 9 heteroatoms. The number of fused-ring (bicyclic) bond motifs is 1. The van der Waals surface area contributed by atoms with Gasteiger partial charge in [0.1, 0.15) is 0 Å². The van der Waals surface area contributed by atoms with E-state index in [4.69, 9.17) is 4.74 Å². The smallest absolute Gasteiger partial charge is 0.339 e. The molecule has 0 saturated carbocycles. The average molecular weight is 477 g/mol. The minimum atomic E-state index is -4.02. The molecule has 0 atom stereocenters. The first-order valence-electron chi connectivity index (χ1n) is 10.3. The van der Waals surface area contributed by atoms with Crippen LogP contribution in [0.1, 0.15) is 31.1 Å². The van der Waals surface area contributed by atoms with E-state index in [1.54, 1.807) is 42.5 Å². The minimum absolute atomic E-state index is 0.0285. The van der Waals surface area contributed by atoms with Crippen molar-refractivity contribution in [1.82, 2.24) is 4.90 Å². The van der Waals surface area contributed by atoms with Crippen LogP contribution in [0.5, 0.6) is 0 Å². The SMILES string of the molecule is C=CCN(c1ccccc1)S(=O)(=O)c1cccc(C(=O)OCN2C(=O)c3ccccc3C2=O)c1. The molecule has 0 bridgehead atoms. The van der Waals surface area contributed by atoms with Gasteiger partial charge in [0.2, 0.25) is 0 Å². The van der Waals surface area contributed by atoms with Gasteiger partial charge < -0.3 is 4.74 Å². The maximum absolute atomic E-state index is 13.3. The van der Waals surface area contributed by atoms with Crippen molar-refractivity contribution in [1.29, 1.82) is 0 Å². The molecule has 2 amide bonds. The Balaban J connectivity index is 1.53. The van der Waals surface area contributed by atoms with Gasteiger partial charge in [0.15, 0.2) is 6.73 Å². The summed E-state index contributed by atoms with van der Waals surface area (Å²) in [6.45, 7) is 3.07. The van der Waals surface area contributed by atoms with Crippen molar-refractivity contribution < 1.29 is 27.5 Å². The van der Waals surface area contributed by atoms with Crippen molar-refractivity contribution >= 4 is 33.5 Å². The van der Waals surface area contributed by atoms with E-state index in [1.165, 1.54) is 46.8 Å². The summed E-state index contributed by atoms with van der Waals surface area (Å²) in [5, 5.41) is 0. The number of hydrogen-bond acceptors (Lipinski definition) is 6. The summed E-state index contributed by atoms with van der Waals surface area (Å²) in [7, 11) is -4.02. The summed E-state index contributed by atoms with van der Waals surface area (Å²) >= 11 is 0. The van der Waals surface area contributed by atoms with Gasteiger partial charge in [-0.3, -0.25) is 13.9 Å². The Kier molecular flexibility index (Phi) is 6.29. The molecule has 172 valence electrons. The van der Waals surface area contributed by atoms with E-state index < -0.39 is 34.5 Å². The monoisotopic (exact) mass is 476 g/mol. The van der Waals surface area contributed by atoms with Crippen molar-refractivity contribution in [2.24, 2.45) is 0 Å². The minimum Gasteiger partial charge on any atom is -0.440 e. The topological polar surface area (TPSA) is 101 Å². The number of carbonyl (C=O) groups is 3. The van der Waals surface area contributed by atoms with Crippen LogP contribution in [0.3, 0.4) is 0 Å². The molecule has 34 heavy (non-hydrogen) atoms. The van der Waals surface area contributed by atoms with Gasteiger partial charge in [-0.05, 0) is 42.5 Å². The van der Waals surface area contributed by atoms with Crippen LogP contribution in [0.2, 0.25) is 0 Å². The maximum atomic E-state index is 13.3. The Morgan fingerprint density at radius 1 is 0.912 bits per heavy atom. The van der Waals surface area contributed by atoms with E-state index in [9.17, 15) is 22.8 Å². The Hall–Kier alpha value is -4.24. The van der Waals surface area contributed by atoms with Crippen molar-refractivity contribution in [3.63, 3.8) is 0 Å². The van der Waals surface area contributed by atoms with Gasteiger partial charge in [0.25, 0.3) is 21.8 Å². The number of imide groups is 1. The van der Waals surface area contributed by atoms with Crippen LogP contribution in [0.15, 0.2) is 96.4 Å². The fraction of sp³-hybridized carbons (Fsp3) is 0.0800. The Morgan fingerprint density at radius 2 is 1.53 bits per heavy atom. The Labute approximate surface area is 196 Å². The second-order valence-corrected chi connectivity index (χ2v) is 9.20. The van der Waals surface area contributed by atoms with E-state index >= 15 is 0 Å². The highest BCUT2D eigenvalue weighted by molar-refractivity contribution is 7.92. The third-order valence-electron chi connectivity index (χ3n) is 5.20. The zero-order valence-corrected chi connectivity index (χ0v) is 18.8. The van der Waals surface area contributed by atoms with Crippen molar-refractivity contribution in [2.75, 3.05) is 17.6 Å². The zero-order valence-electron chi connectivity index (χ0n) is 18.0. The molecule has 0 fully saturated rings. The third kappa shape index (κ3) is 4.20. The molecular formula is C25H20N2O6S. The van der Waals surface area contributed by atoms with E-state index in [1.807, 2.05) is 0 Å². The number of hydrogen-bond donors (Lipinski definition) is 0. The number of benzene rings is 3. The van der Waals surface area contributed by atoms with Gasteiger partial charge in [-0.2, -0.15) is 0 Å². The number of ether oxygens (including phenoxy) is 1. The van der Waals surface area contributed by atoms with Crippen LogP contribution < -0.4 is 4.31 Å². The summed E-state index contributed by atoms with van der Waals surface area (Å²) in [5.41, 5.74) is 0.880. The first-order chi connectivity index (χ1) is 16.3. The lowest BCUT2D eigenvalue weighted by molar-refractivity contribution is 0.0228. The summed E-state index contributed by atoms with van der Waals surface area (Å²) < 4.78 is 32.9. The molecule has 0 radical (unpaired) electrons. The molecule has 0 aliphatic carbocycles. The predicted molar refractivity (Wildman–Crippen MR) is 125 cm³/mol. The van der Waals surface area contributed by atoms with E-state index in [2.05, 4.69) is 6.58 Å². The van der Waals surface area contributed by atoms with Gasteiger partial charge in [0.05, 0.1) is 33.8 Å². The molecule has 1 aliphatic heterocycles. The molecule has 0 saturated heterocycles. The third-order valence-corrected chi connectivity index (χ3v) is 6.99. The average Bonchev–Trinajstić information content (AvgIpc) is 3.11. The second-order valence-electron chi connectivity index (χ2n) is 7.33. The number of amides is 2. The quantitative estimate of drug-likeness (QED) is 0.280. The molecule has 0 aromatic heterocycles. The molecule has 0 unspecified atom stereocenters.